The molecule has 0 amide bonds. The van der Waals surface area contributed by atoms with Crippen molar-refractivity contribution in [2.24, 2.45) is 0 Å². The van der Waals surface area contributed by atoms with Gasteiger partial charge in [-0.3, -0.25) is 0 Å². The monoisotopic (exact) mass is 342 g/mol. The number of hydrogen-bond acceptors (Lipinski definition) is 3. The summed E-state index contributed by atoms with van der Waals surface area (Å²) in [5, 5.41) is 3.86. The number of halogens is 1. The van der Waals surface area contributed by atoms with E-state index in [-0.39, 0.29) is 0 Å². The fourth-order valence-electron chi connectivity index (χ4n) is 3.75. The summed E-state index contributed by atoms with van der Waals surface area (Å²) in [5.41, 5.74) is 0. The molecule has 3 unspecified atom stereocenters. The molecule has 0 aromatic carbocycles. The SMILES string of the molecule is CC(NC1CC2CCCC(C1)N2C)c1ccc(Br)s1. The molecular formula is C15H23BrN2S. The summed E-state index contributed by atoms with van der Waals surface area (Å²) < 4.78 is 1.23. The summed E-state index contributed by atoms with van der Waals surface area (Å²) in [6.07, 6.45) is 6.86. The first kappa shape index (κ1) is 14.1. The lowest BCUT2D eigenvalue weighted by Gasteiger charge is -2.47. The van der Waals surface area contributed by atoms with Crippen LogP contribution in [0.3, 0.4) is 0 Å². The zero-order valence-corrected chi connectivity index (χ0v) is 14.1. The van der Waals surface area contributed by atoms with Crippen LogP contribution in [0.2, 0.25) is 0 Å². The Morgan fingerprint density at radius 2 is 2.00 bits per heavy atom. The Hall–Kier alpha value is 0.1000. The third kappa shape index (κ3) is 3.07. The van der Waals surface area contributed by atoms with E-state index < -0.39 is 0 Å². The van der Waals surface area contributed by atoms with Crippen molar-refractivity contribution < 1.29 is 0 Å². The van der Waals surface area contributed by atoms with Gasteiger partial charge in [-0.15, -0.1) is 11.3 Å². The Bertz CT molecular complexity index is 420. The van der Waals surface area contributed by atoms with Crippen LogP contribution in [-0.4, -0.2) is 30.1 Å². The predicted octanol–water partition coefficient (Wildman–Crippen LogP) is 4.18. The number of hydrogen-bond donors (Lipinski definition) is 1. The Balaban J connectivity index is 1.61. The number of thiophene rings is 1. The molecule has 106 valence electrons. The van der Waals surface area contributed by atoms with Crippen LogP contribution < -0.4 is 5.32 Å². The van der Waals surface area contributed by atoms with E-state index in [0.29, 0.717) is 12.1 Å². The van der Waals surface area contributed by atoms with Crippen molar-refractivity contribution >= 4 is 27.3 Å². The summed E-state index contributed by atoms with van der Waals surface area (Å²) in [5.74, 6) is 0. The average molecular weight is 343 g/mol. The van der Waals surface area contributed by atoms with E-state index in [1.807, 2.05) is 11.3 Å². The number of fused-ring (bicyclic) bond motifs is 2. The third-order valence-corrected chi connectivity index (χ3v) is 6.65. The highest BCUT2D eigenvalue weighted by atomic mass is 79.9. The summed E-state index contributed by atoms with van der Waals surface area (Å²) in [7, 11) is 2.32. The average Bonchev–Trinajstić information content (AvgIpc) is 2.77. The quantitative estimate of drug-likeness (QED) is 0.886. The topological polar surface area (TPSA) is 15.3 Å². The summed E-state index contributed by atoms with van der Waals surface area (Å²) in [4.78, 5) is 4.07. The second-order valence-electron chi connectivity index (χ2n) is 6.10. The molecule has 2 saturated heterocycles. The molecule has 2 aliphatic heterocycles. The van der Waals surface area contributed by atoms with Crippen LogP contribution in [0.25, 0.3) is 0 Å². The number of nitrogens with zero attached hydrogens (tertiary/aromatic N) is 1. The molecule has 1 aromatic heterocycles. The second kappa shape index (κ2) is 5.84. The van der Waals surface area contributed by atoms with Gasteiger partial charge < -0.3 is 10.2 Å². The van der Waals surface area contributed by atoms with Gasteiger partial charge in [0.25, 0.3) is 0 Å². The number of rotatable bonds is 3. The van der Waals surface area contributed by atoms with E-state index >= 15 is 0 Å². The minimum Gasteiger partial charge on any atom is -0.307 e. The Kier molecular flexibility index (Phi) is 4.32. The minimum atomic E-state index is 0.477. The van der Waals surface area contributed by atoms with Crippen molar-refractivity contribution in [1.82, 2.24) is 10.2 Å². The van der Waals surface area contributed by atoms with Crippen molar-refractivity contribution in [1.29, 1.82) is 0 Å². The van der Waals surface area contributed by atoms with Crippen molar-refractivity contribution in [2.45, 2.75) is 63.2 Å². The van der Waals surface area contributed by atoms with E-state index in [2.05, 4.69) is 52.3 Å². The molecule has 2 fully saturated rings. The van der Waals surface area contributed by atoms with Crippen LogP contribution in [0.4, 0.5) is 0 Å². The summed E-state index contributed by atoms with van der Waals surface area (Å²) in [6.45, 7) is 2.30. The van der Waals surface area contributed by atoms with Crippen molar-refractivity contribution in [3.63, 3.8) is 0 Å². The largest absolute Gasteiger partial charge is 0.307 e. The zero-order chi connectivity index (χ0) is 13.4. The van der Waals surface area contributed by atoms with Gasteiger partial charge in [0.15, 0.2) is 0 Å². The van der Waals surface area contributed by atoms with Crippen LogP contribution in [0.15, 0.2) is 15.9 Å². The molecule has 0 saturated carbocycles. The molecule has 19 heavy (non-hydrogen) atoms. The molecule has 3 rings (SSSR count). The first-order valence-corrected chi connectivity index (χ1v) is 8.97. The lowest BCUT2D eigenvalue weighted by Crippen LogP contribution is -2.54. The molecule has 0 radical (unpaired) electrons. The molecule has 3 atom stereocenters. The van der Waals surface area contributed by atoms with Gasteiger partial charge in [-0.1, -0.05) is 6.42 Å². The van der Waals surface area contributed by atoms with E-state index in [1.54, 1.807) is 0 Å². The van der Waals surface area contributed by atoms with E-state index in [1.165, 1.54) is 40.8 Å². The van der Waals surface area contributed by atoms with Gasteiger partial charge in [0, 0.05) is 29.0 Å². The molecule has 4 heteroatoms. The maximum Gasteiger partial charge on any atom is 0.0701 e. The van der Waals surface area contributed by atoms with Crippen molar-refractivity contribution in [3.8, 4) is 0 Å². The highest BCUT2D eigenvalue weighted by Crippen LogP contribution is 2.34. The normalized spacial score (nSPS) is 33.3. The molecular weight excluding hydrogens is 320 g/mol. The first-order valence-electron chi connectivity index (χ1n) is 7.36. The van der Waals surface area contributed by atoms with Crippen LogP contribution >= 0.6 is 27.3 Å². The maximum absolute atomic E-state index is 3.86. The Morgan fingerprint density at radius 1 is 1.32 bits per heavy atom. The molecule has 1 aromatic rings. The van der Waals surface area contributed by atoms with Crippen LogP contribution in [0.5, 0.6) is 0 Å². The minimum absolute atomic E-state index is 0.477. The highest BCUT2D eigenvalue weighted by Gasteiger charge is 2.36. The van der Waals surface area contributed by atoms with Gasteiger partial charge >= 0.3 is 0 Å². The molecule has 2 nitrogen and oxygen atoms in total. The van der Waals surface area contributed by atoms with Gasteiger partial charge in [-0.2, -0.15) is 0 Å². The number of piperidine rings is 2. The summed E-state index contributed by atoms with van der Waals surface area (Å²) in [6, 6.07) is 7.19. The first-order chi connectivity index (χ1) is 9.13. The van der Waals surface area contributed by atoms with Crippen LogP contribution in [0.1, 0.15) is 49.9 Å². The van der Waals surface area contributed by atoms with Crippen LogP contribution in [0, 0.1) is 0 Å². The fourth-order valence-corrected chi connectivity index (χ4v) is 5.18. The molecule has 2 aliphatic rings. The summed E-state index contributed by atoms with van der Waals surface area (Å²) >= 11 is 5.41. The predicted molar refractivity (Wildman–Crippen MR) is 85.8 cm³/mol. The van der Waals surface area contributed by atoms with Gasteiger partial charge in [0.2, 0.25) is 0 Å². The lowest BCUT2D eigenvalue weighted by molar-refractivity contribution is 0.0464. The molecule has 0 spiro atoms. The Morgan fingerprint density at radius 3 is 2.58 bits per heavy atom. The molecule has 2 bridgehead atoms. The standard InChI is InChI=1S/C15H23BrN2S/c1-10(14-6-7-15(16)19-14)17-11-8-12-4-3-5-13(9-11)18(12)2/h6-7,10-13,17H,3-5,8-9H2,1-2H3. The van der Waals surface area contributed by atoms with Gasteiger partial charge in [0.1, 0.15) is 0 Å². The lowest BCUT2D eigenvalue weighted by atomic mass is 9.82. The van der Waals surface area contributed by atoms with E-state index in [0.717, 1.165) is 12.1 Å². The third-order valence-electron chi connectivity index (χ3n) is 4.85. The van der Waals surface area contributed by atoms with Crippen LogP contribution in [-0.2, 0) is 0 Å². The van der Waals surface area contributed by atoms with Gasteiger partial charge in [-0.05, 0) is 67.7 Å². The smallest absolute Gasteiger partial charge is 0.0701 e. The van der Waals surface area contributed by atoms with Crippen molar-refractivity contribution in [3.05, 3.63) is 20.8 Å². The van der Waals surface area contributed by atoms with Crippen molar-refractivity contribution in [2.75, 3.05) is 7.05 Å². The number of nitrogens with one attached hydrogen (secondary N) is 1. The maximum atomic E-state index is 3.86. The zero-order valence-electron chi connectivity index (χ0n) is 11.7. The fraction of sp³-hybridized carbons (Fsp3) is 0.733. The van der Waals surface area contributed by atoms with Gasteiger partial charge in [-0.25, -0.2) is 0 Å². The molecule has 0 aliphatic carbocycles. The van der Waals surface area contributed by atoms with Gasteiger partial charge in [0.05, 0.1) is 3.79 Å². The molecule has 3 heterocycles. The molecule has 1 N–H and O–H groups in total. The highest BCUT2D eigenvalue weighted by molar-refractivity contribution is 9.11. The second-order valence-corrected chi connectivity index (χ2v) is 8.60. The van der Waals surface area contributed by atoms with E-state index in [4.69, 9.17) is 0 Å². The Labute approximate surface area is 128 Å². The van der Waals surface area contributed by atoms with E-state index in [9.17, 15) is 0 Å².